The van der Waals surface area contributed by atoms with Crippen LogP contribution in [0.2, 0.25) is 0 Å². The second-order valence-corrected chi connectivity index (χ2v) is 5.03. The standard InChI is InChI=1S/C11H16/c1-6-7(2)11(3)8-4-5-9(11)10(6)8/h4-10H,1-3H3/t6?,7-,8-,9?,10?,11?/m1/s1. The van der Waals surface area contributed by atoms with Crippen LogP contribution in [0, 0.1) is 35.0 Å². The zero-order valence-corrected chi connectivity index (χ0v) is 7.54. The number of hydrogen-bond acceptors (Lipinski definition) is 0. The van der Waals surface area contributed by atoms with Gasteiger partial charge >= 0.3 is 0 Å². The van der Waals surface area contributed by atoms with Crippen molar-refractivity contribution in [2.45, 2.75) is 20.8 Å². The van der Waals surface area contributed by atoms with Gasteiger partial charge in [0, 0.05) is 0 Å². The van der Waals surface area contributed by atoms with Crippen molar-refractivity contribution in [2.75, 3.05) is 0 Å². The minimum Gasteiger partial charge on any atom is -0.0842 e. The molecule has 0 heterocycles. The van der Waals surface area contributed by atoms with E-state index in [2.05, 4.69) is 32.9 Å². The second kappa shape index (κ2) is 1.44. The predicted molar refractivity (Wildman–Crippen MR) is 46.0 cm³/mol. The number of rotatable bonds is 0. The van der Waals surface area contributed by atoms with Crippen molar-refractivity contribution >= 4 is 0 Å². The SMILES string of the molecule is CC1C2C3C=C[C@H]2C3(C)[C@@H]1C. The zero-order chi connectivity index (χ0) is 7.80. The Morgan fingerprint density at radius 2 is 1.64 bits per heavy atom. The summed E-state index contributed by atoms with van der Waals surface area (Å²) < 4.78 is 0. The van der Waals surface area contributed by atoms with E-state index in [1.165, 1.54) is 0 Å². The Bertz CT molecular complexity index is 222. The van der Waals surface area contributed by atoms with Crippen LogP contribution in [0.4, 0.5) is 0 Å². The van der Waals surface area contributed by atoms with Gasteiger partial charge in [-0.15, -0.1) is 0 Å². The van der Waals surface area contributed by atoms with Crippen molar-refractivity contribution < 1.29 is 0 Å². The van der Waals surface area contributed by atoms with Crippen LogP contribution in [-0.2, 0) is 0 Å². The van der Waals surface area contributed by atoms with E-state index in [1.54, 1.807) is 0 Å². The quantitative estimate of drug-likeness (QED) is 0.463. The molecule has 5 rings (SSSR count). The molecule has 5 aliphatic rings. The molecule has 0 aromatic carbocycles. The average molecular weight is 148 g/mol. The molecular formula is C11H16. The third-order valence-electron chi connectivity index (χ3n) is 5.17. The lowest BCUT2D eigenvalue weighted by Gasteiger charge is -2.47. The van der Waals surface area contributed by atoms with Gasteiger partial charge in [0.25, 0.3) is 0 Å². The lowest BCUT2D eigenvalue weighted by Crippen LogP contribution is -2.43. The fourth-order valence-electron chi connectivity index (χ4n) is 4.23. The van der Waals surface area contributed by atoms with Gasteiger partial charge in [-0.05, 0) is 35.0 Å². The molecule has 0 radical (unpaired) electrons. The fourth-order valence-corrected chi connectivity index (χ4v) is 4.23. The van der Waals surface area contributed by atoms with Crippen molar-refractivity contribution in [3.8, 4) is 0 Å². The highest BCUT2D eigenvalue weighted by atomic mass is 14.7. The molecule has 0 amide bonds. The van der Waals surface area contributed by atoms with E-state index >= 15 is 0 Å². The molecule has 0 aromatic heterocycles. The summed E-state index contributed by atoms with van der Waals surface area (Å²) in [5, 5.41) is 0. The molecule has 0 saturated heterocycles. The molecule has 0 nitrogen and oxygen atoms in total. The Balaban J connectivity index is 2.10. The van der Waals surface area contributed by atoms with Gasteiger partial charge < -0.3 is 0 Å². The summed E-state index contributed by atoms with van der Waals surface area (Å²) in [6.45, 7) is 7.39. The molecular weight excluding hydrogens is 132 g/mol. The summed E-state index contributed by atoms with van der Waals surface area (Å²) in [7, 11) is 0. The van der Waals surface area contributed by atoms with Crippen molar-refractivity contribution in [2.24, 2.45) is 35.0 Å². The zero-order valence-electron chi connectivity index (χ0n) is 7.54. The molecule has 11 heavy (non-hydrogen) atoms. The number of allylic oxidation sites excluding steroid dienone is 2. The van der Waals surface area contributed by atoms with Crippen molar-refractivity contribution in [1.82, 2.24) is 0 Å². The highest BCUT2D eigenvalue weighted by Gasteiger charge is 2.70. The molecule has 0 aliphatic heterocycles. The molecule has 4 unspecified atom stereocenters. The van der Waals surface area contributed by atoms with Crippen molar-refractivity contribution in [1.29, 1.82) is 0 Å². The third kappa shape index (κ3) is 0.389. The first-order chi connectivity index (χ1) is 5.17. The Hall–Kier alpha value is -0.260. The van der Waals surface area contributed by atoms with E-state index in [4.69, 9.17) is 0 Å². The maximum absolute atomic E-state index is 2.49. The molecule has 3 fully saturated rings. The molecule has 0 aromatic rings. The van der Waals surface area contributed by atoms with E-state index in [1.807, 2.05) is 0 Å². The van der Waals surface area contributed by atoms with Gasteiger partial charge in [-0.25, -0.2) is 0 Å². The summed E-state index contributed by atoms with van der Waals surface area (Å²) in [6.07, 6.45) is 4.96. The maximum atomic E-state index is 2.49. The lowest BCUT2D eigenvalue weighted by atomic mass is 9.57. The topological polar surface area (TPSA) is 0 Å². The monoisotopic (exact) mass is 148 g/mol. The minimum absolute atomic E-state index is 0.685. The second-order valence-electron chi connectivity index (χ2n) is 5.03. The molecule has 0 spiro atoms. The minimum atomic E-state index is 0.685. The van der Waals surface area contributed by atoms with Crippen LogP contribution >= 0.6 is 0 Å². The van der Waals surface area contributed by atoms with Crippen molar-refractivity contribution in [3.05, 3.63) is 12.2 Å². The van der Waals surface area contributed by atoms with Crippen LogP contribution in [0.25, 0.3) is 0 Å². The molecule has 0 heteroatoms. The van der Waals surface area contributed by atoms with Gasteiger partial charge in [0.2, 0.25) is 0 Å². The Morgan fingerprint density at radius 3 is 1.91 bits per heavy atom. The third-order valence-corrected chi connectivity index (χ3v) is 5.17. The average Bonchev–Trinajstić information content (AvgIpc) is 2.62. The number of hydrogen-bond donors (Lipinski definition) is 0. The summed E-state index contributed by atoms with van der Waals surface area (Å²) >= 11 is 0. The summed E-state index contributed by atoms with van der Waals surface area (Å²) in [5.74, 6) is 4.88. The fraction of sp³-hybridized carbons (Fsp3) is 0.818. The van der Waals surface area contributed by atoms with E-state index < -0.39 is 0 Å². The van der Waals surface area contributed by atoms with E-state index in [-0.39, 0.29) is 0 Å². The maximum Gasteiger partial charge on any atom is -0.0134 e. The van der Waals surface area contributed by atoms with Gasteiger partial charge in [-0.2, -0.15) is 0 Å². The summed E-state index contributed by atoms with van der Waals surface area (Å²) in [6, 6.07) is 0. The van der Waals surface area contributed by atoms with Crippen molar-refractivity contribution in [3.63, 3.8) is 0 Å². The van der Waals surface area contributed by atoms with E-state index in [0.717, 1.165) is 29.6 Å². The number of fused-ring (bicyclic) bond motifs is 1. The van der Waals surface area contributed by atoms with Crippen LogP contribution in [0.15, 0.2) is 12.2 Å². The Kier molecular flexibility index (Phi) is 0.821. The predicted octanol–water partition coefficient (Wildman–Crippen LogP) is 2.71. The molecule has 60 valence electrons. The smallest absolute Gasteiger partial charge is 0.0134 e. The molecule has 4 bridgehead atoms. The van der Waals surface area contributed by atoms with Crippen LogP contribution in [0.5, 0.6) is 0 Å². The molecule has 5 aliphatic carbocycles. The Morgan fingerprint density at radius 1 is 1.09 bits per heavy atom. The first-order valence-corrected chi connectivity index (χ1v) is 4.85. The van der Waals surface area contributed by atoms with Crippen LogP contribution in [0.3, 0.4) is 0 Å². The van der Waals surface area contributed by atoms with Gasteiger partial charge in [0.05, 0.1) is 0 Å². The van der Waals surface area contributed by atoms with Crippen LogP contribution in [0.1, 0.15) is 20.8 Å². The van der Waals surface area contributed by atoms with Gasteiger partial charge in [0.1, 0.15) is 0 Å². The molecule has 0 N–H and O–H groups in total. The Labute approximate surface area is 68.7 Å². The first kappa shape index (κ1) is 6.28. The lowest BCUT2D eigenvalue weighted by molar-refractivity contribution is 0.0247. The normalized spacial score (nSPS) is 70.3. The summed E-state index contributed by atoms with van der Waals surface area (Å²) in [5.41, 5.74) is 0.685. The van der Waals surface area contributed by atoms with Gasteiger partial charge in [0.15, 0.2) is 0 Å². The van der Waals surface area contributed by atoms with Crippen LogP contribution < -0.4 is 0 Å². The largest absolute Gasteiger partial charge is 0.0842 e. The van der Waals surface area contributed by atoms with E-state index in [0.29, 0.717) is 5.41 Å². The first-order valence-electron chi connectivity index (χ1n) is 4.85. The van der Waals surface area contributed by atoms with E-state index in [9.17, 15) is 0 Å². The van der Waals surface area contributed by atoms with Crippen LogP contribution in [-0.4, -0.2) is 0 Å². The molecule has 6 atom stereocenters. The highest BCUT2D eigenvalue weighted by Crippen LogP contribution is 2.75. The molecule has 3 saturated carbocycles. The van der Waals surface area contributed by atoms with Gasteiger partial charge in [-0.3, -0.25) is 0 Å². The highest BCUT2D eigenvalue weighted by molar-refractivity contribution is 5.32. The summed E-state index contributed by atoms with van der Waals surface area (Å²) in [4.78, 5) is 0. The van der Waals surface area contributed by atoms with Gasteiger partial charge in [-0.1, -0.05) is 32.9 Å².